The van der Waals surface area contributed by atoms with Crippen LogP contribution in [0.2, 0.25) is 72.5 Å². The third-order valence-corrected chi connectivity index (χ3v) is 46.5. The van der Waals surface area contributed by atoms with Crippen molar-refractivity contribution in [3.8, 4) is 0 Å². The smallest absolute Gasteiger partial charge is 0.335 e. The molecule has 6 aliphatic heterocycles. The molecule has 5 unspecified atom stereocenters. The van der Waals surface area contributed by atoms with Gasteiger partial charge in [-0.1, -0.05) is 181 Å². The van der Waals surface area contributed by atoms with E-state index in [1.165, 1.54) is 61.6 Å². The number of rotatable bonds is 41. The summed E-state index contributed by atoms with van der Waals surface area (Å²) in [5, 5.41) is 0.336. The summed E-state index contributed by atoms with van der Waals surface area (Å²) in [5.74, 6) is 0.887. The first kappa shape index (κ1) is 99.0. The van der Waals surface area contributed by atoms with Gasteiger partial charge >= 0.3 is 23.5 Å². The van der Waals surface area contributed by atoms with E-state index in [0.717, 1.165) is 126 Å². The molecule has 638 valence electrons. The molecule has 0 aromatic heterocycles. The second-order valence-electron chi connectivity index (χ2n) is 37.7. The van der Waals surface area contributed by atoms with Crippen LogP contribution in [0.15, 0.2) is 78.9 Å². The van der Waals surface area contributed by atoms with Crippen LogP contribution in [-0.4, -0.2) is 168 Å². The van der Waals surface area contributed by atoms with E-state index in [-0.39, 0.29) is 119 Å². The molecular formula is C90H160O16SSi4. The van der Waals surface area contributed by atoms with Crippen molar-refractivity contribution in [2.24, 2.45) is 47.3 Å². The molecule has 0 N–H and O–H groups in total. The molecule has 111 heavy (non-hydrogen) atoms. The minimum atomic E-state index is -1.88. The van der Waals surface area contributed by atoms with Gasteiger partial charge in [0.1, 0.15) is 0 Å². The molecule has 6 aliphatic rings. The van der Waals surface area contributed by atoms with Crippen LogP contribution < -0.4 is 0 Å². The molecule has 21 atom stereocenters. The van der Waals surface area contributed by atoms with E-state index in [1.54, 1.807) is 0 Å². The van der Waals surface area contributed by atoms with Gasteiger partial charge in [-0.2, -0.15) is 8.42 Å². The Hall–Kier alpha value is -2.59. The number of carbonyl (C=O) groups is 2. The number of benzene rings is 1. The molecule has 0 spiro atoms. The highest BCUT2D eigenvalue weighted by Gasteiger charge is 2.52. The van der Waals surface area contributed by atoms with Crippen LogP contribution >= 0.6 is 0 Å². The molecule has 21 heteroatoms. The number of ether oxygens (including phenoxy) is 8. The highest BCUT2D eigenvalue weighted by Crippen LogP contribution is 2.50. The fraction of sp³-hybridized carbons (Fsp3) is 0.822. The highest BCUT2D eigenvalue weighted by molar-refractivity contribution is 7.51. The number of hydrogen-bond acceptors (Lipinski definition) is 16. The Morgan fingerprint density at radius 2 is 0.901 bits per heavy atom. The van der Waals surface area contributed by atoms with Crippen LogP contribution in [0.25, 0.3) is 0 Å². The first-order valence-corrected chi connectivity index (χ1v) is 55.1. The van der Waals surface area contributed by atoms with Crippen molar-refractivity contribution in [1.82, 2.24) is 0 Å². The summed E-state index contributed by atoms with van der Waals surface area (Å²) in [6, 6.07) is 17.3. The second-order valence-corrected chi connectivity index (χ2v) is 57.0. The van der Waals surface area contributed by atoms with Crippen molar-refractivity contribution in [2.75, 3.05) is 40.6 Å². The van der Waals surface area contributed by atoms with Gasteiger partial charge in [0.2, 0.25) is 0 Å². The molecule has 1 aromatic carbocycles. The van der Waals surface area contributed by atoms with Gasteiger partial charge in [-0.3, -0.25) is 9.59 Å². The Morgan fingerprint density at radius 1 is 0.514 bits per heavy atom. The van der Waals surface area contributed by atoms with Crippen molar-refractivity contribution in [2.45, 2.75) is 385 Å². The van der Waals surface area contributed by atoms with Gasteiger partial charge in [0, 0.05) is 51.1 Å². The van der Waals surface area contributed by atoms with Crippen molar-refractivity contribution in [1.29, 1.82) is 0 Å². The molecule has 0 aliphatic carbocycles. The Kier molecular flexibility index (Phi) is 41.1. The number of carbonyl (C=O) groups excluding carboxylic acids is 2. The van der Waals surface area contributed by atoms with Crippen molar-refractivity contribution in [3.05, 3.63) is 84.5 Å². The molecule has 1 aromatic rings. The molecule has 0 saturated carbocycles. The van der Waals surface area contributed by atoms with Crippen LogP contribution in [0, 0.1) is 47.3 Å². The summed E-state index contributed by atoms with van der Waals surface area (Å²) >= 11 is -0.750. The fourth-order valence-corrected chi connectivity index (χ4v) is 25.4. The first-order valence-electron chi connectivity index (χ1n) is 43.5. The van der Waals surface area contributed by atoms with Gasteiger partial charge in [-0.25, -0.2) is 0 Å². The number of methoxy groups -OCH3 is 2. The zero-order valence-electron chi connectivity index (χ0n) is 74.4. The van der Waals surface area contributed by atoms with Gasteiger partial charge in [-0.05, 0) is 226 Å². The summed E-state index contributed by atoms with van der Waals surface area (Å²) in [6.07, 6.45) is 15.5. The average Bonchev–Trinajstić information content (AvgIpc) is 1.64. The predicted molar refractivity (Wildman–Crippen MR) is 464 cm³/mol. The van der Waals surface area contributed by atoms with Crippen LogP contribution in [0.1, 0.15) is 245 Å². The van der Waals surface area contributed by atoms with Crippen LogP contribution in [-0.2, 0) is 76.8 Å². The van der Waals surface area contributed by atoms with E-state index in [4.69, 9.17) is 64.0 Å². The van der Waals surface area contributed by atoms with Gasteiger partial charge in [0.25, 0.3) is 0 Å². The van der Waals surface area contributed by atoms with Crippen molar-refractivity contribution < 1.29 is 73.6 Å². The normalized spacial score (nSPS) is 29.8. The summed E-state index contributed by atoms with van der Waals surface area (Å²) in [6.45, 7) is 71.4. The molecule has 6 heterocycles. The van der Waals surface area contributed by atoms with Crippen LogP contribution in [0.3, 0.4) is 0 Å². The Morgan fingerprint density at radius 3 is 1.29 bits per heavy atom. The Balaban J connectivity index is 0.000000386. The van der Waals surface area contributed by atoms with Crippen LogP contribution in [0.5, 0.6) is 0 Å². The summed E-state index contributed by atoms with van der Waals surface area (Å²) < 4.78 is 94.4. The quantitative estimate of drug-likeness (QED) is 0.0261. The first-order chi connectivity index (χ1) is 52.2. The summed E-state index contributed by atoms with van der Waals surface area (Å²) in [4.78, 5) is 26.3. The van der Waals surface area contributed by atoms with E-state index < -0.39 is 50.8 Å². The monoisotopic (exact) mass is 1640 g/mol. The zero-order chi connectivity index (χ0) is 83.0. The SMILES string of the molecule is C=C1C[C@H](CCCO[Si](CC)(CC)CC)OC1CC[C@H]1C[C@@H](C)C(=C)[C@@H](CC2O[C@H](C[C@H](C)CO[Si](C)(C)C(C)(C)C)[C@H](C)[C@H]2C(C(=O)OC)c2ccccc2)O1.C=C1C[C@H](CCCO[Si](CC)(CC)CC)OC1CC[C@H]1C[C@@H](C)C(=C)[C@@H](CC2O[C@H](C[C@H](C)CO[Si](C)(C)C(C)(C)C)[C@H](C)[C@H]2CC(=O)OC)O1.O=S=O. The largest absolute Gasteiger partial charge is 0.469 e. The second kappa shape index (κ2) is 46.1. The molecule has 16 nitrogen and oxygen atoms in total. The average molecular weight is 1640 g/mol. The third kappa shape index (κ3) is 28.8. The Labute approximate surface area is 684 Å². The van der Waals surface area contributed by atoms with E-state index in [2.05, 4.69) is 189 Å². The predicted octanol–water partition coefficient (Wildman–Crippen LogP) is 22.0. The topological polar surface area (TPSA) is 179 Å². The molecule has 6 fully saturated rings. The van der Waals surface area contributed by atoms with Gasteiger partial charge < -0.3 is 55.6 Å². The lowest BCUT2D eigenvalue weighted by molar-refractivity contribution is -0.145. The van der Waals surface area contributed by atoms with Gasteiger partial charge in [0.05, 0.1) is 99.8 Å². The molecule has 0 radical (unpaired) electrons. The molecule has 0 bridgehead atoms. The van der Waals surface area contributed by atoms with Gasteiger partial charge in [0.15, 0.2) is 33.3 Å². The molecule has 0 amide bonds. The lowest BCUT2D eigenvalue weighted by Crippen LogP contribution is -2.42. The maximum Gasteiger partial charge on any atom is 0.335 e. The Bertz CT molecular complexity index is 3010. The third-order valence-electron chi connectivity index (χ3n) is 28.1. The number of hydrogen-bond donors (Lipinski definition) is 0. The molecule has 6 saturated heterocycles. The highest BCUT2D eigenvalue weighted by atomic mass is 32.1. The maximum atomic E-state index is 13.7. The van der Waals surface area contributed by atoms with E-state index in [0.29, 0.717) is 49.5 Å². The van der Waals surface area contributed by atoms with E-state index in [9.17, 15) is 9.59 Å². The fourth-order valence-electron chi connectivity index (χ4n) is 17.7. The summed E-state index contributed by atoms with van der Waals surface area (Å²) in [7, 11) is -3.82. The molecule has 7 rings (SSSR count). The van der Waals surface area contributed by atoms with E-state index >= 15 is 0 Å². The molecular weight excluding hydrogens is 1480 g/mol. The van der Waals surface area contributed by atoms with Crippen molar-refractivity contribution in [3.63, 3.8) is 0 Å². The van der Waals surface area contributed by atoms with Crippen LogP contribution in [0.4, 0.5) is 0 Å². The minimum Gasteiger partial charge on any atom is -0.469 e. The maximum absolute atomic E-state index is 13.7. The van der Waals surface area contributed by atoms with Crippen molar-refractivity contribution >= 4 is 56.8 Å². The minimum absolute atomic E-state index is 0.0152. The number of esters is 2. The zero-order valence-corrected chi connectivity index (χ0v) is 79.2. The summed E-state index contributed by atoms with van der Waals surface area (Å²) in [5.41, 5.74) is 5.68. The lowest BCUT2D eigenvalue weighted by Gasteiger charge is -2.39. The lowest BCUT2D eigenvalue weighted by atomic mass is 9.72. The van der Waals surface area contributed by atoms with E-state index in [1.807, 2.05) is 18.2 Å². The van der Waals surface area contributed by atoms with Gasteiger partial charge in [-0.15, -0.1) is 0 Å². The standard InChI is InChI=1S/C48H82O7Si2.C42H78O7Si2.O2S/c1-15-57(16-2,17-3)51-27-21-24-39-30-35(6)41(53-39)26-25-40-29-34(5)36(7)43(54-40)31-44-45(46(47(49)50-12)38-22-19-18-20-23-38)37(8)42(55-44)28-33(4)32-52-56(13,14)48(9,10)11;1-15-51(16-2,17-3)45-22-18-19-34-25-31(6)37(47-34)21-20-35-24-30(5)32(7)39(48-35)27-40-36(26-41(43)44-12)33(8)38(49-40)23-29(4)28-46-50(13,14)42(9,10)11;1-3-2/h18-20,22-23,33-34,37,39-46H,6-7,15-17,21,24-32H2,1-5,8-14H3;29-30,33-40H,6-7,15-28H2,1-5,8-14H3;/t33-,34+,37-,39-,40-,41?,42+,43+,44?,45+,46?;29-,30+,33+,34-,35-,36+,37?,38+,39+,40?;/m00./s1.